The molecular formula is C11H20N2O2S2. The van der Waals surface area contributed by atoms with Crippen LogP contribution in [0.5, 0.6) is 0 Å². The van der Waals surface area contributed by atoms with Crippen LogP contribution in [-0.4, -0.2) is 43.4 Å². The van der Waals surface area contributed by atoms with Crippen molar-refractivity contribution >= 4 is 26.8 Å². The summed E-state index contributed by atoms with van der Waals surface area (Å²) in [5.41, 5.74) is 0. The van der Waals surface area contributed by atoms with Crippen molar-refractivity contribution in [1.82, 2.24) is 5.32 Å². The van der Waals surface area contributed by atoms with E-state index < -0.39 is 9.84 Å². The first kappa shape index (κ1) is 13.2. The van der Waals surface area contributed by atoms with E-state index in [0.717, 1.165) is 17.3 Å². The number of rotatable bonds is 2. The first-order valence-electron chi connectivity index (χ1n) is 6.10. The highest BCUT2D eigenvalue weighted by Crippen LogP contribution is 2.22. The number of hydrogen-bond acceptors (Lipinski definition) is 4. The molecule has 3 atom stereocenters. The summed E-state index contributed by atoms with van der Waals surface area (Å²) in [6.45, 7) is 5.04. The van der Waals surface area contributed by atoms with Crippen LogP contribution in [0.3, 0.4) is 0 Å². The van der Waals surface area contributed by atoms with Gasteiger partial charge < -0.3 is 5.32 Å². The Morgan fingerprint density at radius 3 is 2.82 bits per heavy atom. The van der Waals surface area contributed by atoms with E-state index in [0.29, 0.717) is 30.0 Å². The Hall–Kier alpha value is -0.230. The number of hydrogen-bond donors (Lipinski definition) is 1. The zero-order chi connectivity index (χ0) is 12.5. The van der Waals surface area contributed by atoms with Gasteiger partial charge in [-0.3, -0.25) is 4.99 Å². The molecule has 0 aliphatic carbocycles. The summed E-state index contributed by atoms with van der Waals surface area (Å²) in [5.74, 6) is 2.64. The summed E-state index contributed by atoms with van der Waals surface area (Å²) in [6.07, 6.45) is 0.774. The Morgan fingerprint density at radius 2 is 2.24 bits per heavy atom. The summed E-state index contributed by atoms with van der Waals surface area (Å²) >= 11 is 1.75. The molecule has 4 nitrogen and oxygen atoms in total. The van der Waals surface area contributed by atoms with Gasteiger partial charge in [-0.15, -0.1) is 0 Å². The lowest BCUT2D eigenvalue weighted by Gasteiger charge is -2.28. The highest BCUT2D eigenvalue weighted by Gasteiger charge is 2.28. The SMILES string of the molecule is CC1CSC(=NCC2CCS(=O)(=O)C2)NC1C. The van der Waals surface area contributed by atoms with E-state index in [-0.39, 0.29) is 5.92 Å². The van der Waals surface area contributed by atoms with Gasteiger partial charge in [0, 0.05) is 18.3 Å². The summed E-state index contributed by atoms with van der Waals surface area (Å²) < 4.78 is 22.6. The Morgan fingerprint density at radius 1 is 1.47 bits per heavy atom. The van der Waals surface area contributed by atoms with Crippen molar-refractivity contribution in [2.75, 3.05) is 23.8 Å². The number of amidine groups is 1. The molecule has 1 N–H and O–H groups in total. The zero-order valence-corrected chi connectivity index (χ0v) is 12.0. The molecule has 0 aromatic carbocycles. The van der Waals surface area contributed by atoms with Crippen molar-refractivity contribution in [2.45, 2.75) is 26.3 Å². The van der Waals surface area contributed by atoms with E-state index in [9.17, 15) is 8.42 Å². The molecule has 2 aliphatic rings. The third kappa shape index (κ3) is 3.61. The molecule has 2 fully saturated rings. The topological polar surface area (TPSA) is 58.5 Å². The van der Waals surface area contributed by atoms with Gasteiger partial charge in [0.15, 0.2) is 15.0 Å². The molecule has 6 heteroatoms. The molecule has 0 bridgehead atoms. The largest absolute Gasteiger partial charge is 0.362 e. The van der Waals surface area contributed by atoms with Crippen LogP contribution in [0.4, 0.5) is 0 Å². The van der Waals surface area contributed by atoms with Gasteiger partial charge in [-0.05, 0) is 25.2 Å². The minimum atomic E-state index is -2.76. The lowest BCUT2D eigenvalue weighted by Crippen LogP contribution is -2.41. The summed E-state index contributed by atoms with van der Waals surface area (Å²) in [6, 6.07) is 0.460. The normalized spacial score (nSPS) is 39.2. The summed E-state index contributed by atoms with van der Waals surface area (Å²) in [7, 11) is -2.76. The minimum Gasteiger partial charge on any atom is -0.362 e. The molecule has 0 aromatic rings. The van der Waals surface area contributed by atoms with E-state index >= 15 is 0 Å². The highest BCUT2D eigenvalue weighted by molar-refractivity contribution is 8.13. The van der Waals surface area contributed by atoms with Gasteiger partial charge in [0.2, 0.25) is 0 Å². The Bertz CT molecular complexity index is 406. The molecule has 0 radical (unpaired) electrons. The van der Waals surface area contributed by atoms with Crippen LogP contribution in [0.2, 0.25) is 0 Å². The number of sulfone groups is 1. The second kappa shape index (κ2) is 5.18. The van der Waals surface area contributed by atoms with Crippen LogP contribution >= 0.6 is 11.8 Å². The van der Waals surface area contributed by atoms with Crippen molar-refractivity contribution < 1.29 is 8.42 Å². The molecule has 0 saturated carbocycles. The van der Waals surface area contributed by atoms with E-state index in [1.165, 1.54) is 0 Å². The average Bonchev–Trinajstić information content (AvgIpc) is 2.60. The maximum absolute atomic E-state index is 11.3. The van der Waals surface area contributed by atoms with Crippen LogP contribution in [-0.2, 0) is 9.84 Å². The molecule has 0 amide bonds. The van der Waals surface area contributed by atoms with Gasteiger partial charge in [-0.2, -0.15) is 0 Å². The zero-order valence-electron chi connectivity index (χ0n) is 10.3. The van der Waals surface area contributed by atoms with Crippen molar-refractivity contribution in [3.05, 3.63) is 0 Å². The first-order chi connectivity index (χ1) is 7.96. The predicted octanol–water partition coefficient (Wildman–Crippen LogP) is 1.14. The lowest BCUT2D eigenvalue weighted by molar-refractivity contribution is 0.488. The molecule has 2 aliphatic heterocycles. The molecule has 98 valence electrons. The number of nitrogens with one attached hydrogen (secondary N) is 1. The third-order valence-electron chi connectivity index (χ3n) is 3.51. The second-order valence-electron chi connectivity index (χ2n) is 5.14. The van der Waals surface area contributed by atoms with Gasteiger partial charge in [0.05, 0.1) is 11.5 Å². The lowest BCUT2D eigenvalue weighted by atomic mass is 10.1. The first-order valence-corrected chi connectivity index (χ1v) is 8.91. The molecule has 3 unspecified atom stereocenters. The molecule has 2 saturated heterocycles. The maximum Gasteiger partial charge on any atom is 0.156 e. The van der Waals surface area contributed by atoms with Crippen LogP contribution in [0, 0.1) is 11.8 Å². The smallest absolute Gasteiger partial charge is 0.156 e. The van der Waals surface area contributed by atoms with Crippen molar-refractivity contribution in [3.63, 3.8) is 0 Å². The number of thioether (sulfide) groups is 1. The van der Waals surface area contributed by atoms with Crippen LogP contribution in [0.15, 0.2) is 4.99 Å². The molecular weight excluding hydrogens is 256 g/mol. The van der Waals surface area contributed by atoms with Crippen LogP contribution in [0.1, 0.15) is 20.3 Å². The van der Waals surface area contributed by atoms with E-state index in [4.69, 9.17) is 0 Å². The Labute approximate surface area is 108 Å². The molecule has 0 aromatic heterocycles. The minimum absolute atomic E-state index is 0.226. The van der Waals surface area contributed by atoms with Crippen molar-refractivity contribution in [2.24, 2.45) is 16.8 Å². The van der Waals surface area contributed by atoms with Crippen molar-refractivity contribution in [3.8, 4) is 0 Å². The fraction of sp³-hybridized carbons (Fsp3) is 0.909. The quantitative estimate of drug-likeness (QED) is 0.821. The van der Waals surface area contributed by atoms with Gasteiger partial charge in [0.1, 0.15) is 0 Å². The van der Waals surface area contributed by atoms with Gasteiger partial charge in [0.25, 0.3) is 0 Å². The Kier molecular flexibility index (Phi) is 4.02. The van der Waals surface area contributed by atoms with Crippen LogP contribution in [0.25, 0.3) is 0 Å². The van der Waals surface area contributed by atoms with Gasteiger partial charge in [-0.1, -0.05) is 18.7 Å². The maximum atomic E-state index is 11.3. The standard InChI is InChI=1S/C11H20N2O2S2/c1-8-6-16-11(13-9(8)2)12-5-10-3-4-17(14,15)7-10/h8-10H,3-7H2,1-2H3,(H,12,13). The van der Waals surface area contributed by atoms with Crippen molar-refractivity contribution in [1.29, 1.82) is 0 Å². The highest BCUT2D eigenvalue weighted by atomic mass is 32.2. The molecule has 17 heavy (non-hydrogen) atoms. The predicted molar refractivity (Wildman–Crippen MR) is 73.3 cm³/mol. The third-order valence-corrected chi connectivity index (χ3v) is 6.56. The molecule has 2 rings (SSSR count). The van der Waals surface area contributed by atoms with E-state index in [2.05, 4.69) is 24.2 Å². The van der Waals surface area contributed by atoms with E-state index in [1.807, 2.05) is 0 Å². The van der Waals surface area contributed by atoms with Crippen LogP contribution < -0.4 is 5.32 Å². The summed E-state index contributed by atoms with van der Waals surface area (Å²) in [5, 5.41) is 4.36. The molecule has 0 spiro atoms. The second-order valence-corrected chi connectivity index (χ2v) is 8.37. The fourth-order valence-electron chi connectivity index (χ4n) is 2.05. The molecule has 2 heterocycles. The Balaban J connectivity index is 1.85. The summed E-state index contributed by atoms with van der Waals surface area (Å²) in [4.78, 5) is 4.52. The van der Waals surface area contributed by atoms with Gasteiger partial charge >= 0.3 is 0 Å². The number of nitrogens with zero attached hydrogens (tertiary/aromatic N) is 1. The monoisotopic (exact) mass is 276 g/mol. The fourth-order valence-corrected chi connectivity index (χ4v) is 5.05. The average molecular weight is 276 g/mol. The van der Waals surface area contributed by atoms with E-state index in [1.54, 1.807) is 11.8 Å². The van der Waals surface area contributed by atoms with Gasteiger partial charge in [-0.25, -0.2) is 8.42 Å². The number of aliphatic imine (C=N–C) groups is 1.